The Bertz CT molecular complexity index is 292. The molecule has 0 unspecified atom stereocenters. The summed E-state index contributed by atoms with van der Waals surface area (Å²) in [4.78, 5) is 21.8. The van der Waals surface area contributed by atoms with Crippen molar-refractivity contribution < 1.29 is 24.2 Å². The summed E-state index contributed by atoms with van der Waals surface area (Å²) in [5.41, 5.74) is 0.355. The molecule has 1 atom stereocenters. The molecule has 0 aromatic carbocycles. The number of aliphatic hydroxyl groups excluding tert-OH is 1. The van der Waals surface area contributed by atoms with Gasteiger partial charge in [-0.1, -0.05) is 13.2 Å². The van der Waals surface area contributed by atoms with Crippen molar-refractivity contribution in [3.63, 3.8) is 0 Å². The molecule has 0 rings (SSSR count). The highest BCUT2D eigenvalue weighted by Gasteiger charge is 2.14. The van der Waals surface area contributed by atoms with Crippen molar-refractivity contribution in [3.05, 3.63) is 24.3 Å². The van der Waals surface area contributed by atoms with Crippen molar-refractivity contribution in [2.75, 3.05) is 6.61 Å². The maximum atomic E-state index is 10.9. The molecule has 0 saturated heterocycles. The Labute approximate surface area is 88.0 Å². The molecule has 0 spiro atoms. The van der Waals surface area contributed by atoms with Gasteiger partial charge in [-0.2, -0.15) is 0 Å². The molecule has 0 aromatic heterocycles. The third-order valence-electron chi connectivity index (χ3n) is 1.30. The quantitative estimate of drug-likeness (QED) is 0.411. The van der Waals surface area contributed by atoms with Gasteiger partial charge in [-0.25, -0.2) is 9.59 Å². The summed E-state index contributed by atoms with van der Waals surface area (Å²) in [5.74, 6) is -1.39. The van der Waals surface area contributed by atoms with E-state index in [4.69, 9.17) is 5.11 Å². The number of carbonyl (C=O) groups is 2. The lowest BCUT2D eigenvalue weighted by molar-refractivity contribution is -0.177. The van der Waals surface area contributed by atoms with Gasteiger partial charge >= 0.3 is 11.9 Å². The molecule has 0 amide bonds. The Morgan fingerprint density at radius 1 is 1.20 bits per heavy atom. The van der Waals surface area contributed by atoms with E-state index in [2.05, 4.69) is 22.6 Å². The van der Waals surface area contributed by atoms with E-state index >= 15 is 0 Å². The van der Waals surface area contributed by atoms with Gasteiger partial charge in [-0.15, -0.1) is 0 Å². The molecule has 0 aliphatic heterocycles. The minimum Gasteiger partial charge on any atom is -0.456 e. The predicted molar refractivity (Wildman–Crippen MR) is 52.7 cm³/mol. The molecule has 15 heavy (non-hydrogen) atoms. The zero-order chi connectivity index (χ0) is 12.0. The molecule has 0 bridgehead atoms. The van der Waals surface area contributed by atoms with Gasteiger partial charge in [0.2, 0.25) is 6.29 Å². The Balaban J connectivity index is 3.90. The summed E-state index contributed by atoms with van der Waals surface area (Å²) in [6.07, 6.45) is -1.49. The van der Waals surface area contributed by atoms with Gasteiger partial charge in [-0.05, 0) is 13.8 Å². The molecular formula is C10H14O5. The maximum absolute atomic E-state index is 10.9. The molecule has 5 nitrogen and oxygen atoms in total. The first-order chi connectivity index (χ1) is 6.84. The van der Waals surface area contributed by atoms with Gasteiger partial charge in [0.15, 0.2) is 6.61 Å². The van der Waals surface area contributed by atoms with Crippen LogP contribution in [0.5, 0.6) is 0 Å². The van der Waals surface area contributed by atoms with E-state index in [1.54, 1.807) is 0 Å². The monoisotopic (exact) mass is 214 g/mol. The number of ether oxygens (including phenoxy) is 2. The number of esters is 2. The van der Waals surface area contributed by atoms with Crippen LogP contribution in [0, 0.1) is 0 Å². The Kier molecular flexibility index (Phi) is 5.33. The fraction of sp³-hybridized carbons (Fsp3) is 0.400. The molecule has 0 saturated carbocycles. The van der Waals surface area contributed by atoms with Crippen molar-refractivity contribution in [1.82, 2.24) is 0 Å². The van der Waals surface area contributed by atoms with Crippen LogP contribution in [-0.2, 0) is 19.1 Å². The fourth-order valence-corrected chi connectivity index (χ4v) is 0.528. The predicted octanol–water partition coefficient (Wildman–Crippen LogP) is 0.543. The van der Waals surface area contributed by atoms with Gasteiger partial charge < -0.3 is 14.6 Å². The molecule has 1 N–H and O–H groups in total. The summed E-state index contributed by atoms with van der Waals surface area (Å²) in [6, 6.07) is 0. The van der Waals surface area contributed by atoms with Crippen molar-refractivity contribution in [1.29, 1.82) is 0 Å². The van der Waals surface area contributed by atoms with E-state index in [-0.39, 0.29) is 11.1 Å². The number of carbonyl (C=O) groups excluding carboxylic acids is 2. The first-order valence-electron chi connectivity index (χ1n) is 4.21. The Morgan fingerprint density at radius 2 is 1.67 bits per heavy atom. The van der Waals surface area contributed by atoms with Crippen LogP contribution in [0.1, 0.15) is 13.8 Å². The molecule has 0 heterocycles. The lowest BCUT2D eigenvalue weighted by Gasteiger charge is -2.12. The number of rotatable bonds is 5. The molecular weight excluding hydrogens is 200 g/mol. The molecule has 0 radical (unpaired) electrons. The highest BCUT2D eigenvalue weighted by molar-refractivity contribution is 5.87. The lowest BCUT2D eigenvalue weighted by Crippen LogP contribution is -2.25. The molecule has 0 aliphatic carbocycles. The van der Waals surface area contributed by atoms with Crippen LogP contribution >= 0.6 is 0 Å². The van der Waals surface area contributed by atoms with Crippen LogP contribution in [0.3, 0.4) is 0 Å². The van der Waals surface area contributed by atoms with Crippen LogP contribution in [0.2, 0.25) is 0 Å². The average molecular weight is 214 g/mol. The van der Waals surface area contributed by atoms with Crippen molar-refractivity contribution >= 4 is 11.9 Å². The van der Waals surface area contributed by atoms with E-state index in [1.807, 2.05) is 0 Å². The van der Waals surface area contributed by atoms with Gasteiger partial charge in [-0.3, -0.25) is 0 Å². The Morgan fingerprint density at radius 3 is 2.07 bits per heavy atom. The normalized spacial score (nSPS) is 11.4. The topological polar surface area (TPSA) is 72.8 Å². The smallest absolute Gasteiger partial charge is 0.335 e. The lowest BCUT2D eigenvalue weighted by atomic mass is 10.3. The SMILES string of the molecule is C=C(C)C(=O)OC[C@@H](O)OC(=O)C(=C)C. The molecule has 5 heteroatoms. The minimum absolute atomic E-state index is 0.153. The van der Waals surface area contributed by atoms with Crippen molar-refractivity contribution in [2.24, 2.45) is 0 Å². The maximum Gasteiger partial charge on any atom is 0.335 e. The molecule has 0 aliphatic rings. The Hall–Kier alpha value is -1.62. The zero-order valence-electron chi connectivity index (χ0n) is 8.78. The zero-order valence-corrected chi connectivity index (χ0v) is 8.78. The summed E-state index contributed by atoms with van der Waals surface area (Å²) in [5, 5.41) is 9.11. The second-order valence-corrected chi connectivity index (χ2v) is 3.02. The second-order valence-electron chi connectivity index (χ2n) is 3.02. The first kappa shape index (κ1) is 13.4. The van der Waals surface area contributed by atoms with Crippen LogP contribution in [0.4, 0.5) is 0 Å². The highest BCUT2D eigenvalue weighted by Crippen LogP contribution is 1.99. The third-order valence-corrected chi connectivity index (χ3v) is 1.30. The second kappa shape index (κ2) is 5.98. The summed E-state index contributed by atoms with van der Waals surface area (Å²) in [7, 11) is 0. The highest BCUT2D eigenvalue weighted by atomic mass is 16.7. The van der Waals surface area contributed by atoms with Crippen molar-refractivity contribution in [2.45, 2.75) is 20.1 Å². The van der Waals surface area contributed by atoms with E-state index < -0.39 is 24.8 Å². The fourth-order valence-electron chi connectivity index (χ4n) is 0.528. The first-order valence-corrected chi connectivity index (χ1v) is 4.21. The standard InChI is InChI=1S/C10H14O5/c1-6(2)9(12)14-5-8(11)15-10(13)7(3)4/h8,11H,1,3,5H2,2,4H3/t8-/m0/s1. The van der Waals surface area contributed by atoms with Gasteiger partial charge in [0, 0.05) is 11.1 Å². The van der Waals surface area contributed by atoms with Crippen LogP contribution in [0.25, 0.3) is 0 Å². The molecule has 84 valence electrons. The molecule has 0 aromatic rings. The van der Waals surface area contributed by atoms with E-state index in [1.165, 1.54) is 13.8 Å². The summed E-state index contributed by atoms with van der Waals surface area (Å²) < 4.78 is 9.00. The largest absolute Gasteiger partial charge is 0.456 e. The summed E-state index contributed by atoms with van der Waals surface area (Å²) >= 11 is 0. The van der Waals surface area contributed by atoms with Crippen molar-refractivity contribution in [3.8, 4) is 0 Å². The van der Waals surface area contributed by atoms with E-state index in [9.17, 15) is 9.59 Å². The van der Waals surface area contributed by atoms with Crippen LogP contribution < -0.4 is 0 Å². The summed E-state index contributed by atoms with van der Waals surface area (Å²) in [6.45, 7) is 9.15. The average Bonchev–Trinajstić information content (AvgIpc) is 2.13. The van der Waals surface area contributed by atoms with E-state index in [0.29, 0.717) is 0 Å². The van der Waals surface area contributed by atoms with Gasteiger partial charge in [0.25, 0.3) is 0 Å². The van der Waals surface area contributed by atoms with Crippen LogP contribution in [-0.4, -0.2) is 29.9 Å². The third kappa shape index (κ3) is 5.64. The minimum atomic E-state index is -1.49. The number of aliphatic hydroxyl groups is 1. The molecule has 0 fully saturated rings. The van der Waals surface area contributed by atoms with E-state index in [0.717, 1.165) is 0 Å². The number of hydrogen-bond donors (Lipinski definition) is 1. The van der Waals surface area contributed by atoms with Gasteiger partial charge in [0.05, 0.1) is 0 Å². The number of hydrogen-bond acceptors (Lipinski definition) is 5. The van der Waals surface area contributed by atoms with Gasteiger partial charge in [0.1, 0.15) is 0 Å². The van der Waals surface area contributed by atoms with Crippen LogP contribution in [0.15, 0.2) is 24.3 Å².